The minimum absolute atomic E-state index is 0.242. The van der Waals surface area contributed by atoms with Crippen molar-refractivity contribution in [2.45, 2.75) is 6.92 Å². The van der Waals surface area contributed by atoms with Crippen LogP contribution >= 0.6 is 0 Å². The Morgan fingerprint density at radius 3 is 2.75 bits per heavy atom. The minimum Gasteiger partial charge on any atom is -0.662 e. The number of likely N-dealkylation sites (N-methyl/N-ethyl adjacent to an activating group) is 1. The summed E-state index contributed by atoms with van der Waals surface area (Å²) in [6, 6.07) is 0. The molecule has 0 atom stereocenters. The lowest BCUT2D eigenvalue weighted by Gasteiger charge is -2.08. The number of nitrogens with zero attached hydrogens (tertiary/aromatic N) is 1. The van der Waals surface area contributed by atoms with Crippen LogP contribution < -0.4 is 0 Å². The van der Waals surface area contributed by atoms with E-state index in [0.717, 1.165) is 0 Å². The van der Waals surface area contributed by atoms with Gasteiger partial charge >= 0.3 is 5.97 Å². The quantitative estimate of drug-likeness (QED) is 0.399. The van der Waals surface area contributed by atoms with Gasteiger partial charge in [0.25, 0.3) is 0 Å². The second-order valence-corrected chi connectivity index (χ2v) is 1.38. The van der Waals surface area contributed by atoms with Crippen LogP contribution in [0.3, 0.4) is 0 Å². The summed E-state index contributed by atoms with van der Waals surface area (Å²) in [6.07, 6.45) is 0. The molecule has 48 valence electrons. The Hall–Kier alpha value is -0.570. The lowest BCUT2D eigenvalue weighted by atomic mass is 10.7. The van der Waals surface area contributed by atoms with Gasteiger partial charge in [-0.15, -0.1) is 6.54 Å². The Morgan fingerprint density at radius 2 is 2.38 bits per heavy atom. The molecule has 0 aliphatic rings. The van der Waals surface area contributed by atoms with Crippen molar-refractivity contribution >= 4 is 5.97 Å². The van der Waals surface area contributed by atoms with Gasteiger partial charge in [0.15, 0.2) is 0 Å². The largest absolute Gasteiger partial charge is 0.662 e. The molecule has 0 spiro atoms. The second-order valence-electron chi connectivity index (χ2n) is 1.38. The summed E-state index contributed by atoms with van der Waals surface area (Å²) < 4.78 is 4.55. The fraction of sp³-hybridized carbons (Fsp3) is 0.800. The van der Waals surface area contributed by atoms with Crippen LogP contribution in [0.1, 0.15) is 6.92 Å². The van der Waals surface area contributed by atoms with Gasteiger partial charge in [0, 0.05) is 6.92 Å². The van der Waals surface area contributed by atoms with Gasteiger partial charge in [0.1, 0.15) is 0 Å². The van der Waals surface area contributed by atoms with E-state index in [1.807, 2.05) is 0 Å². The number of hydrogen-bond donors (Lipinski definition) is 0. The van der Waals surface area contributed by atoms with Gasteiger partial charge in [-0.3, -0.25) is 4.79 Å². The highest BCUT2D eigenvalue weighted by atomic mass is 16.5. The maximum atomic E-state index is 10.1. The second kappa shape index (κ2) is 4.59. The Morgan fingerprint density at radius 1 is 1.75 bits per heavy atom. The van der Waals surface area contributed by atoms with Crippen LogP contribution in [-0.2, 0) is 9.53 Å². The molecule has 0 aliphatic heterocycles. The number of esters is 1. The van der Waals surface area contributed by atoms with E-state index in [-0.39, 0.29) is 5.97 Å². The molecular weight excluding hydrogens is 106 g/mol. The Balaban J connectivity index is 2.82. The lowest BCUT2D eigenvalue weighted by Crippen LogP contribution is -2.02. The van der Waals surface area contributed by atoms with Crippen molar-refractivity contribution in [3.63, 3.8) is 0 Å². The van der Waals surface area contributed by atoms with Crippen molar-refractivity contribution in [3.8, 4) is 0 Å². The summed E-state index contributed by atoms with van der Waals surface area (Å²) in [5, 5.41) is 3.73. The molecule has 0 unspecified atom stereocenters. The standard InChI is InChI=1S/C5H10NO2/c1-5(7)8-4-3-6-2/h3-4H2,1-2H3/q-1. The normalized spacial score (nSPS) is 8.75. The lowest BCUT2D eigenvalue weighted by molar-refractivity contribution is -0.140. The Labute approximate surface area is 49.0 Å². The molecule has 0 N–H and O–H groups in total. The molecule has 0 radical (unpaired) electrons. The molecule has 0 aromatic heterocycles. The van der Waals surface area contributed by atoms with Crippen molar-refractivity contribution in [2.75, 3.05) is 20.2 Å². The first kappa shape index (κ1) is 7.43. The SMILES string of the molecule is C[N-]CCOC(C)=O. The van der Waals surface area contributed by atoms with Gasteiger partial charge in [-0.2, -0.15) is 7.05 Å². The van der Waals surface area contributed by atoms with Crippen LogP contribution in [0.25, 0.3) is 5.32 Å². The zero-order valence-corrected chi connectivity index (χ0v) is 5.18. The van der Waals surface area contributed by atoms with Gasteiger partial charge in [-0.25, -0.2) is 0 Å². The van der Waals surface area contributed by atoms with Crippen LogP contribution in [-0.4, -0.2) is 26.2 Å². The smallest absolute Gasteiger partial charge is 0.302 e. The maximum Gasteiger partial charge on any atom is 0.302 e. The van der Waals surface area contributed by atoms with Crippen LogP contribution in [0.5, 0.6) is 0 Å². The summed E-state index contributed by atoms with van der Waals surface area (Å²) in [5.74, 6) is -0.242. The molecule has 0 amide bonds. The van der Waals surface area contributed by atoms with E-state index in [1.165, 1.54) is 6.92 Å². The van der Waals surface area contributed by atoms with E-state index < -0.39 is 0 Å². The van der Waals surface area contributed by atoms with E-state index in [2.05, 4.69) is 10.1 Å². The molecule has 0 fully saturated rings. The van der Waals surface area contributed by atoms with Crippen molar-refractivity contribution in [1.29, 1.82) is 0 Å². The number of hydrogen-bond acceptors (Lipinski definition) is 2. The van der Waals surface area contributed by atoms with Gasteiger partial charge in [0.05, 0.1) is 6.61 Å². The summed E-state index contributed by atoms with van der Waals surface area (Å²) in [7, 11) is 1.68. The Bertz CT molecular complexity index is 72.8. The van der Waals surface area contributed by atoms with Crippen LogP contribution in [0.2, 0.25) is 0 Å². The first-order chi connectivity index (χ1) is 3.77. The molecule has 0 aliphatic carbocycles. The summed E-state index contributed by atoms with van der Waals surface area (Å²) in [5.41, 5.74) is 0. The molecule has 0 rings (SSSR count). The van der Waals surface area contributed by atoms with Crippen molar-refractivity contribution in [3.05, 3.63) is 5.32 Å². The number of carbonyl (C=O) groups excluding carboxylic acids is 1. The fourth-order valence-corrected chi connectivity index (χ4v) is 0.281. The van der Waals surface area contributed by atoms with E-state index in [1.54, 1.807) is 7.05 Å². The van der Waals surface area contributed by atoms with Crippen molar-refractivity contribution < 1.29 is 9.53 Å². The highest BCUT2D eigenvalue weighted by molar-refractivity contribution is 5.65. The van der Waals surface area contributed by atoms with E-state index in [4.69, 9.17) is 0 Å². The molecule has 3 nitrogen and oxygen atoms in total. The number of ether oxygens (including phenoxy) is 1. The predicted molar refractivity (Wildman–Crippen MR) is 30.8 cm³/mol. The molecule has 0 saturated carbocycles. The summed E-state index contributed by atoms with van der Waals surface area (Å²) in [6.45, 7) is 2.39. The predicted octanol–water partition coefficient (Wildman–Crippen LogP) is 0.553. The topological polar surface area (TPSA) is 40.4 Å². The van der Waals surface area contributed by atoms with Crippen LogP contribution in [0.4, 0.5) is 0 Å². The third kappa shape index (κ3) is 5.43. The monoisotopic (exact) mass is 116 g/mol. The maximum absolute atomic E-state index is 10.1. The average molecular weight is 116 g/mol. The summed E-state index contributed by atoms with van der Waals surface area (Å²) >= 11 is 0. The zero-order chi connectivity index (χ0) is 6.41. The van der Waals surface area contributed by atoms with E-state index in [9.17, 15) is 4.79 Å². The molecule has 0 saturated heterocycles. The van der Waals surface area contributed by atoms with Gasteiger partial charge in [-0.05, 0) is 0 Å². The first-order valence-corrected chi connectivity index (χ1v) is 2.46. The third-order valence-electron chi connectivity index (χ3n) is 0.620. The van der Waals surface area contributed by atoms with E-state index in [0.29, 0.717) is 13.2 Å². The van der Waals surface area contributed by atoms with Gasteiger partial charge in [0.2, 0.25) is 0 Å². The number of carbonyl (C=O) groups is 1. The van der Waals surface area contributed by atoms with E-state index >= 15 is 0 Å². The van der Waals surface area contributed by atoms with Crippen molar-refractivity contribution in [2.24, 2.45) is 0 Å². The van der Waals surface area contributed by atoms with Crippen molar-refractivity contribution in [1.82, 2.24) is 0 Å². The molecule has 8 heavy (non-hydrogen) atoms. The average Bonchev–Trinajstić information content (AvgIpc) is 1.66. The molecule has 0 bridgehead atoms. The highest BCUT2D eigenvalue weighted by Gasteiger charge is 1.84. The first-order valence-electron chi connectivity index (χ1n) is 2.46. The van der Waals surface area contributed by atoms with Gasteiger partial charge in [-0.1, -0.05) is 0 Å². The Kier molecular flexibility index (Phi) is 4.26. The number of rotatable bonds is 3. The third-order valence-corrected chi connectivity index (χ3v) is 0.620. The van der Waals surface area contributed by atoms with Gasteiger partial charge < -0.3 is 10.1 Å². The molecular formula is C5H10NO2-. The molecule has 0 heterocycles. The van der Waals surface area contributed by atoms with Crippen LogP contribution in [0.15, 0.2) is 0 Å². The minimum atomic E-state index is -0.242. The zero-order valence-electron chi connectivity index (χ0n) is 5.18. The fourth-order valence-electron chi connectivity index (χ4n) is 0.281. The molecule has 0 aromatic rings. The highest BCUT2D eigenvalue weighted by Crippen LogP contribution is 1.79. The summed E-state index contributed by atoms with van der Waals surface area (Å²) in [4.78, 5) is 10.1. The van der Waals surface area contributed by atoms with Crippen LogP contribution in [0, 0.1) is 0 Å². The molecule has 3 heteroatoms. The molecule has 0 aromatic carbocycles.